The molecule has 0 bridgehead atoms. The molecule has 1 amide bonds. The van der Waals surface area contributed by atoms with E-state index in [1.54, 1.807) is 7.11 Å². The summed E-state index contributed by atoms with van der Waals surface area (Å²) in [6.45, 7) is 2.31. The molecule has 1 unspecified atom stereocenters. The highest BCUT2D eigenvalue weighted by Gasteiger charge is 2.26. The van der Waals surface area contributed by atoms with Crippen molar-refractivity contribution in [1.82, 2.24) is 10.2 Å². The van der Waals surface area contributed by atoms with Crippen LogP contribution in [-0.4, -0.2) is 57.8 Å². The van der Waals surface area contributed by atoms with E-state index < -0.39 is 0 Å². The van der Waals surface area contributed by atoms with Crippen molar-refractivity contribution < 1.29 is 19.0 Å². The van der Waals surface area contributed by atoms with Crippen molar-refractivity contribution in [1.29, 1.82) is 0 Å². The Labute approximate surface area is 209 Å². The minimum absolute atomic E-state index is 0.00111. The van der Waals surface area contributed by atoms with Gasteiger partial charge in [0.25, 0.3) is 0 Å². The number of rotatable bonds is 10. The zero-order valence-corrected chi connectivity index (χ0v) is 21.2. The number of hydrogen-bond acceptors (Lipinski definition) is 5. The summed E-state index contributed by atoms with van der Waals surface area (Å²) in [6.07, 6.45) is 8.55. The van der Waals surface area contributed by atoms with Gasteiger partial charge in [0, 0.05) is 24.6 Å². The predicted octanol–water partition coefficient (Wildman–Crippen LogP) is 5.03. The van der Waals surface area contributed by atoms with Gasteiger partial charge in [0.05, 0.1) is 19.8 Å². The highest BCUT2D eigenvalue weighted by Crippen LogP contribution is 2.36. The van der Waals surface area contributed by atoms with Gasteiger partial charge >= 0.3 is 0 Å². The van der Waals surface area contributed by atoms with Gasteiger partial charge in [-0.25, -0.2) is 0 Å². The molecule has 0 radical (unpaired) electrons. The summed E-state index contributed by atoms with van der Waals surface area (Å²) in [5, 5.41) is 3.07. The van der Waals surface area contributed by atoms with Crippen LogP contribution in [0.5, 0.6) is 17.2 Å². The summed E-state index contributed by atoms with van der Waals surface area (Å²) in [7, 11) is 5.80. The van der Waals surface area contributed by atoms with Gasteiger partial charge in [-0.15, -0.1) is 0 Å². The Bertz CT molecular complexity index is 1010. The van der Waals surface area contributed by atoms with E-state index >= 15 is 0 Å². The summed E-state index contributed by atoms with van der Waals surface area (Å²) in [5.74, 6) is 2.61. The highest BCUT2D eigenvalue weighted by molar-refractivity contribution is 5.98. The molecule has 1 heterocycles. The molecular formula is C29H38N2O4. The molecule has 6 heteroatoms. The molecule has 0 aromatic heterocycles. The van der Waals surface area contributed by atoms with Crippen LogP contribution in [0.2, 0.25) is 0 Å². The number of benzene rings is 2. The molecule has 2 aliphatic rings. The van der Waals surface area contributed by atoms with Crippen molar-refractivity contribution in [3.8, 4) is 17.2 Å². The normalized spacial score (nSPS) is 19.7. The van der Waals surface area contributed by atoms with Crippen molar-refractivity contribution in [2.45, 2.75) is 50.5 Å². The second-order valence-electron chi connectivity index (χ2n) is 9.79. The second-order valence-corrected chi connectivity index (χ2v) is 9.79. The summed E-state index contributed by atoms with van der Waals surface area (Å²) < 4.78 is 17.7. The number of amides is 1. The molecule has 4 rings (SSSR count). The molecule has 2 aromatic carbocycles. The summed E-state index contributed by atoms with van der Waals surface area (Å²) in [6, 6.07) is 14.1. The molecule has 1 aliphatic heterocycles. The molecule has 2 fully saturated rings. The molecule has 1 N–H and O–H groups in total. The standard InChI is InChI=1S/C29H38N2O4/c1-31(2)15-6-16-34-25-12-9-21(10-13-25)17-23-18-24(20-30-29(23)32)22-11-14-27(33-3)28(19-22)35-26-7-4-5-8-26/h9-14,17,19,24,26H,4-8,15-16,18,20H2,1-3H3,(H,30,32). The van der Waals surface area contributed by atoms with Crippen LogP contribution >= 0.6 is 0 Å². The van der Waals surface area contributed by atoms with Crippen LogP contribution in [0.1, 0.15) is 55.6 Å². The third-order valence-corrected chi connectivity index (χ3v) is 6.76. The van der Waals surface area contributed by atoms with Crippen molar-refractivity contribution in [2.24, 2.45) is 0 Å². The van der Waals surface area contributed by atoms with E-state index in [4.69, 9.17) is 14.2 Å². The Balaban J connectivity index is 1.42. The van der Waals surface area contributed by atoms with Crippen LogP contribution in [0.4, 0.5) is 0 Å². The van der Waals surface area contributed by atoms with Crippen LogP contribution in [0.3, 0.4) is 0 Å². The Morgan fingerprint density at radius 3 is 2.54 bits per heavy atom. The maximum atomic E-state index is 12.6. The SMILES string of the molecule is COc1ccc(C2CNC(=O)C(=Cc3ccc(OCCCN(C)C)cc3)C2)cc1OC1CCCC1. The third kappa shape index (κ3) is 7.01. The number of ether oxygens (including phenoxy) is 3. The molecular weight excluding hydrogens is 440 g/mol. The number of nitrogens with zero attached hydrogens (tertiary/aromatic N) is 1. The first-order chi connectivity index (χ1) is 17.0. The largest absolute Gasteiger partial charge is 0.494 e. The van der Waals surface area contributed by atoms with E-state index in [2.05, 4.69) is 36.4 Å². The maximum absolute atomic E-state index is 12.6. The van der Waals surface area contributed by atoms with Gasteiger partial charge in [-0.2, -0.15) is 0 Å². The van der Waals surface area contributed by atoms with Gasteiger partial charge in [0.1, 0.15) is 5.75 Å². The molecule has 188 valence electrons. The maximum Gasteiger partial charge on any atom is 0.247 e. The zero-order valence-electron chi connectivity index (χ0n) is 21.2. The number of carbonyl (C=O) groups excluding carboxylic acids is 1. The average molecular weight is 479 g/mol. The lowest BCUT2D eigenvalue weighted by Gasteiger charge is -2.26. The quantitative estimate of drug-likeness (QED) is 0.383. The fourth-order valence-corrected chi connectivity index (χ4v) is 4.78. The Morgan fingerprint density at radius 1 is 1.06 bits per heavy atom. The van der Waals surface area contributed by atoms with Crippen LogP contribution < -0.4 is 19.5 Å². The van der Waals surface area contributed by atoms with E-state index in [-0.39, 0.29) is 17.9 Å². The molecule has 0 spiro atoms. The number of piperidine rings is 1. The molecule has 1 atom stereocenters. The van der Waals surface area contributed by atoms with E-state index in [0.717, 1.165) is 59.8 Å². The zero-order chi connectivity index (χ0) is 24.6. The molecule has 1 saturated carbocycles. The number of nitrogens with one attached hydrogen (secondary N) is 1. The number of hydrogen-bond donors (Lipinski definition) is 1. The summed E-state index contributed by atoms with van der Waals surface area (Å²) in [5.41, 5.74) is 2.94. The Kier molecular flexibility index (Phi) is 8.69. The minimum atomic E-state index is 0.00111. The Morgan fingerprint density at radius 2 is 1.83 bits per heavy atom. The van der Waals surface area contributed by atoms with Crippen LogP contribution in [-0.2, 0) is 4.79 Å². The average Bonchev–Trinajstić information content (AvgIpc) is 3.37. The topological polar surface area (TPSA) is 60.0 Å². The van der Waals surface area contributed by atoms with Crippen molar-refractivity contribution in [3.63, 3.8) is 0 Å². The number of methoxy groups -OCH3 is 1. The molecule has 35 heavy (non-hydrogen) atoms. The number of carbonyl (C=O) groups is 1. The Hall–Kier alpha value is -2.99. The predicted molar refractivity (Wildman–Crippen MR) is 139 cm³/mol. The minimum Gasteiger partial charge on any atom is -0.494 e. The monoisotopic (exact) mass is 478 g/mol. The van der Waals surface area contributed by atoms with E-state index in [0.29, 0.717) is 19.6 Å². The first kappa shape index (κ1) is 25.1. The van der Waals surface area contributed by atoms with Gasteiger partial charge in [0.15, 0.2) is 11.5 Å². The first-order valence-electron chi connectivity index (χ1n) is 12.7. The van der Waals surface area contributed by atoms with Crippen molar-refractivity contribution in [3.05, 3.63) is 59.2 Å². The van der Waals surface area contributed by atoms with Gasteiger partial charge in [-0.1, -0.05) is 18.2 Å². The molecule has 2 aromatic rings. The highest BCUT2D eigenvalue weighted by atomic mass is 16.5. The second kappa shape index (κ2) is 12.1. The van der Waals surface area contributed by atoms with Gasteiger partial charge in [-0.3, -0.25) is 4.79 Å². The van der Waals surface area contributed by atoms with Crippen LogP contribution in [0.25, 0.3) is 6.08 Å². The lowest BCUT2D eigenvalue weighted by molar-refractivity contribution is -0.118. The van der Waals surface area contributed by atoms with Gasteiger partial charge in [-0.05, 0) is 94.1 Å². The molecule has 1 aliphatic carbocycles. The molecule has 6 nitrogen and oxygen atoms in total. The van der Waals surface area contributed by atoms with Crippen molar-refractivity contribution >= 4 is 12.0 Å². The first-order valence-corrected chi connectivity index (χ1v) is 12.7. The van der Waals surface area contributed by atoms with Gasteiger partial charge in [0.2, 0.25) is 5.91 Å². The smallest absolute Gasteiger partial charge is 0.247 e. The van der Waals surface area contributed by atoms with E-state index in [1.807, 2.05) is 36.4 Å². The third-order valence-electron chi connectivity index (χ3n) is 6.76. The summed E-state index contributed by atoms with van der Waals surface area (Å²) >= 11 is 0. The van der Waals surface area contributed by atoms with Crippen LogP contribution in [0, 0.1) is 0 Å². The fourth-order valence-electron chi connectivity index (χ4n) is 4.78. The fraction of sp³-hybridized carbons (Fsp3) is 0.483. The van der Waals surface area contributed by atoms with Crippen LogP contribution in [0.15, 0.2) is 48.0 Å². The lowest BCUT2D eigenvalue weighted by atomic mass is 9.87. The summed E-state index contributed by atoms with van der Waals surface area (Å²) in [4.78, 5) is 14.8. The van der Waals surface area contributed by atoms with E-state index in [9.17, 15) is 4.79 Å². The van der Waals surface area contributed by atoms with Gasteiger partial charge < -0.3 is 24.4 Å². The van der Waals surface area contributed by atoms with E-state index in [1.165, 1.54) is 12.8 Å². The molecule has 1 saturated heterocycles. The van der Waals surface area contributed by atoms with Crippen molar-refractivity contribution in [2.75, 3.05) is 40.9 Å². The lowest BCUT2D eigenvalue weighted by Crippen LogP contribution is -2.35.